The van der Waals surface area contributed by atoms with Gasteiger partial charge in [-0.1, -0.05) is 13.8 Å². The molecule has 0 saturated heterocycles. The Bertz CT molecular complexity index is 370. The number of carbonyl (C=O) groups is 1. The maximum Gasteiger partial charge on any atom is 0.319 e. The van der Waals surface area contributed by atoms with Crippen molar-refractivity contribution in [1.82, 2.24) is 14.8 Å². The fourth-order valence-electron chi connectivity index (χ4n) is 2.07. The third-order valence-corrected chi connectivity index (χ3v) is 3.26. The number of nitrogens with zero attached hydrogens (tertiary/aromatic N) is 3. The summed E-state index contributed by atoms with van der Waals surface area (Å²) < 4.78 is 7.10. The van der Waals surface area contributed by atoms with Crippen molar-refractivity contribution in [2.75, 3.05) is 6.61 Å². The summed E-state index contributed by atoms with van der Waals surface area (Å²) in [5, 5.41) is 8.02. The molecule has 0 radical (unpaired) electrons. The summed E-state index contributed by atoms with van der Waals surface area (Å²) in [5.74, 6) is 0.510. The van der Waals surface area contributed by atoms with E-state index in [1.165, 1.54) is 0 Å². The van der Waals surface area contributed by atoms with Gasteiger partial charge in [0.1, 0.15) is 17.6 Å². The average molecular weight is 239 g/mol. The van der Waals surface area contributed by atoms with Crippen molar-refractivity contribution in [1.29, 1.82) is 0 Å². The monoisotopic (exact) mass is 239 g/mol. The van der Waals surface area contributed by atoms with Crippen molar-refractivity contribution >= 4 is 5.97 Å². The van der Waals surface area contributed by atoms with Crippen molar-refractivity contribution in [2.45, 2.75) is 52.5 Å². The number of rotatable bonds is 6. The van der Waals surface area contributed by atoms with Crippen LogP contribution in [0.3, 0.4) is 0 Å². The van der Waals surface area contributed by atoms with E-state index in [0.29, 0.717) is 25.3 Å². The summed E-state index contributed by atoms with van der Waals surface area (Å²) in [6.45, 7) is 8.93. The van der Waals surface area contributed by atoms with Gasteiger partial charge in [0.15, 0.2) is 0 Å². The van der Waals surface area contributed by atoms with Gasteiger partial charge < -0.3 is 9.30 Å². The lowest BCUT2D eigenvalue weighted by atomic mass is 9.81. The molecule has 96 valence electrons. The fourth-order valence-corrected chi connectivity index (χ4v) is 2.07. The Morgan fingerprint density at radius 2 is 2.00 bits per heavy atom. The van der Waals surface area contributed by atoms with Gasteiger partial charge in [-0.2, -0.15) is 0 Å². The van der Waals surface area contributed by atoms with Crippen LogP contribution in [0.1, 0.15) is 46.4 Å². The third-order valence-electron chi connectivity index (χ3n) is 3.26. The van der Waals surface area contributed by atoms with E-state index in [2.05, 4.69) is 10.2 Å². The summed E-state index contributed by atoms with van der Waals surface area (Å²) in [6, 6.07) is 0. The molecule has 1 aromatic rings. The Morgan fingerprint density at radius 1 is 1.35 bits per heavy atom. The number of carbonyl (C=O) groups excluding carboxylic acids is 1. The van der Waals surface area contributed by atoms with Gasteiger partial charge in [0.05, 0.1) is 6.61 Å². The van der Waals surface area contributed by atoms with Crippen LogP contribution in [0.25, 0.3) is 0 Å². The molecule has 0 aliphatic rings. The summed E-state index contributed by atoms with van der Waals surface area (Å²) in [7, 11) is 0. The molecule has 0 aromatic carbocycles. The second-order valence-corrected chi connectivity index (χ2v) is 3.95. The second-order valence-electron chi connectivity index (χ2n) is 3.95. The van der Waals surface area contributed by atoms with Gasteiger partial charge >= 0.3 is 5.97 Å². The molecule has 17 heavy (non-hydrogen) atoms. The number of hydrogen-bond donors (Lipinski definition) is 0. The van der Waals surface area contributed by atoms with E-state index in [9.17, 15) is 4.79 Å². The van der Waals surface area contributed by atoms with Gasteiger partial charge in [-0.25, -0.2) is 0 Å². The van der Waals surface area contributed by atoms with E-state index in [-0.39, 0.29) is 5.97 Å². The molecule has 0 aliphatic carbocycles. The maximum atomic E-state index is 12.2. The zero-order valence-corrected chi connectivity index (χ0v) is 11.1. The molecule has 0 saturated carbocycles. The van der Waals surface area contributed by atoms with Gasteiger partial charge in [-0.3, -0.25) is 4.79 Å². The summed E-state index contributed by atoms with van der Waals surface area (Å²) in [4.78, 5) is 12.2. The highest BCUT2D eigenvalue weighted by atomic mass is 16.5. The minimum absolute atomic E-state index is 0.201. The minimum Gasteiger partial charge on any atom is -0.465 e. The molecular formula is C12H21N3O2. The molecule has 1 aromatic heterocycles. The molecule has 5 heteroatoms. The average Bonchev–Trinajstić information content (AvgIpc) is 2.81. The van der Waals surface area contributed by atoms with Gasteiger partial charge in [-0.15, -0.1) is 10.2 Å². The van der Waals surface area contributed by atoms with E-state index < -0.39 is 5.41 Å². The highest BCUT2D eigenvalue weighted by Crippen LogP contribution is 2.31. The van der Waals surface area contributed by atoms with E-state index in [0.717, 1.165) is 6.54 Å². The molecule has 0 fully saturated rings. The molecular weight excluding hydrogens is 218 g/mol. The van der Waals surface area contributed by atoms with Crippen molar-refractivity contribution in [3.05, 3.63) is 12.2 Å². The van der Waals surface area contributed by atoms with Crippen LogP contribution >= 0.6 is 0 Å². The lowest BCUT2D eigenvalue weighted by molar-refractivity contribution is -0.151. The molecule has 0 aliphatic heterocycles. The van der Waals surface area contributed by atoms with Crippen LogP contribution < -0.4 is 0 Å². The molecule has 1 heterocycles. The lowest BCUT2D eigenvalue weighted by Crippen LogP contribution is -2.39. The van der Waals surface area contributed by atoms with E-state index in [1.807, 2.05) is 32.3 Å². The zero-order chi connectivity index (χ0) is 12.9. The summed E-state index contributed by atoms with van der Waals surface area (Å²) >= 11 is 0. The predicted octanol–water partition coefficient (Wildman–Crippen LogP) is 1.92. The normalized spacial score (nSPS) is 11.5. The Hall–Kier alpha value is -1.39. The Kier molecular flexibility index (Phi) is 4.66. The van der Waals surface area contributed by atoms with Crippen LogP contribution in [0.2, 0.25) is 0 Å². The molecule has 1 rings (SSSR count). The second kappa shape index (κ2) is 5.80. The fraction of sp³-hybridized carbons (Fsp3) is 0.750. The van der Waals surface area contributed by atoms with Gasteiger partial charge in [0.2, 0.25) is 0 Å². The predicted molar refractivity (Wildman–Crippen MR) is 64.6 cm³/mol. The first-order valence-electron chi connectivity index (χ1n) is 6.21. The van der Waals surface area contributed by atoms with Gasteiger partial charge in [0.25, 0.3) is 0 Å². The summed E-state index contributed by atoms with van der Waals surface area (Å²) in [6.07, 6.45) is 3.00. The first kappa shape index (κ1) is 13.7. The highest BCUT2D eigenvalue weighted by molar-refractivity contribution is 5.82. The number of hydrogen-bond acceptors (Lipinski definition) is 4. The van der Waals surface area contributed by atoms with Crippen molar-refractivity contribution in [3.63, 3.8) is 0 Å². The summed E-state index contributed by atoms with van der Waals surface area (Å²) in [5.41, 5.74) is -0.664. The molecule has 0 spiro atoms. The van der Waals surface area contributed by atoms with E-state index in [4.69, 9.17) is 4.74 Å². The SMILES string of the molecule is CCOC(=O)C(CC)(CC)c1nncn1CC. The quantitative estimate of drug-likeness (QED) is 0.712. The van der Waals surface area contributed by atoms with Crippen LogP contribution in [0.5, 0.6) is 0 Å². The number of aryl methyl sites for hydroxylation is 1. The number of aromatic nitrogens is 3. The third kappa shape index (κ3) is 2.33. The molecule has 0 atom stereocenters. The van der Waals surface area contributed by atoms with Crippen LogP contribution in [0, 0.1) is 0 Å². The largest absolute Gasteiger partial charge is 0.465 e. The van der Waals surface area contributed by atoms with Crippen molar-refractivity contribution in [3.8, 4) is 0 Å². The molecule has 0 N–H and O–H groups in total. The number of ether oxygens (including phenoxy) is 1. The van der Waals surface area contributed by atoms with Crippen LogP contribution in [0.4, 0.5) is 0 Å². The van der Waals surface area contributed by atoms with Crippen molar-refractivity contribution < 1.29 is 9.53 Å². The topological polar surface area (TPSA) is 57.0 Å². The highest BCUT2D eigenvalue weighted by Gasteiger charge is 2.42. The first-order chi connectivity index (χ1) is 8.16. The van der Waals surface area contributed by atoms with Gasteiger partial charge in [0, 0.05) is 6.54 Å². The first-order valence-corrected chi connectivity index (χ1v) is 6.21. The van der Waals surface area contributed by atoms with E-state index in [1.54, 1.807) is 6.33 Å². The van der Waals surface area contributed by atoms with Crippen LogP contribution in [0.15, 0.2) is 6.33 Å². The standard InChI is InChI=1S/C12H21N3O2/c1-5-12(6-2,11(16)17-8-4)10-14-13-9-15(10)7-3/h9H,5-8H2,1-4H3. The lowest BCUT2D eigenvalue weighted by Gasteiger charge is -2.28. The molecule has 0 unspecified atom stereocenters. The van der Waals surface area contributed by atoms with Crippen molar-refractivity contribution in [2.24, 2.45) is 0 Å². The maximum absolute atomic E-state index is 12.2. The molecule has 5 nitrogen and oxygen atoms in total. The number of esters is 1. The van der Waals surface area contributed by atoms with Gasteiger partial charge in [-0.05, 0) is 26.7 Å². The van der Waals surface area contributed by atoms with Crippen LogP contribution in [-0.2, 0) is 21.5 Å². The smallest absolute Gasteiger partial charge is 0.319 e. The Morgan fingerprint density at radius 3 is 2.47 bits per heavy atom. The molecule has 0 amide bonds. The Labute approximate surface area is 102 Å². The van der Waals surface area contributed by atoms with E-state index >= 15 is 0 Å². The Balaban J connectivity index is 3.19. The molecule has 0 bridgehead atoms. The minimum atomic E-state index is -0.664. The zero-order valence-electron chi connectivity index (χ0n) is 11.1. The van der Waals surface area contributed by atoms with Crippen LogP contribution in [-0.4, -0.2) is 27.3 Å².